The Labute approximate surface area is 193 Å². The largest absolute Gasteiger partial charge is 0.355 e. The molecule has 0 saturated heterocycles. The lowest BCUT2D eigenvalue weighted by atomic mass is 10.1. The first-order chi connectivity index (χ1) is 15.1. The van der Waals surface area contributed by atoms with Crippen molar-refractivity contribution in [2.45, 2.75) is 32.9 Å². The molecule has 0 fully saturated rings. The van der Waals surface area contributed by atoms with E-state index in [1.54, 1.807) is 38.1 Å². The zero-order valence-corrected chi connectivity index (χ0v) is 19.8. The highest BCUT2D eigenvalue weighted by molar-refractivity contribution is 7.92. The fourth-order valence-electron chi connectivity index (χ4n) is 3.27. The summed E-state index contributed by atoms with van der Waals surface area (Å²) in [5, 5.41) is 3.13. The van der Waals surface area contributed by atoms with Crippen LogP contribution >= 0.6 is 11.6 Å². The summed E-state index contributed by atoms with van der Waals surface area (Å²) in [6.07, 6.45) is 1.24. The molecule has 1 N–H and O–H groups in total. The number of hydrogen-bond acceptors (Lipinski definition) is 4. The van der Waals surface area contributed by atoms with Crippen LogP contribution < -0.4 is 9.62 Å². The Morgan fingerprint density at radius 1 is 1.12 bits per heavy atom. The van der Waals surface area contributed by atoms with Crippen LogP contribution in [0.5, 0.6) is 0 Å². The summed E-state index contributed by atoms with van der Waals surface area (Å²) >= 11 is 6.27. The first-order valence-electron chi connectivity index (χ1n) is 10.1. The van der Waals surface area contributed by atoms with Crippen LogP contribution in [0, 0.1) is 5.82 Å². The molecule has 0 heterocycles. The number of benzene rings is 2. The Bertz CT molecular complexity index is 1060. The topological polar surface area (TPSA) is 86.8 Å². The third-order valence-corrected chi connectivity index (χ3v) is 6.32. The Morgan fingerprint density at radius 2 is 1.81 bits per heavy atom. The summed E-state index contributed by atoms with van der Waals surface area (Å²) in [7, 11) is -3.91. The SMILES string of the molecule is CCNC(=O)[C@H](CC)N(Cc1ccccc1Cl)C(=O)CN(c1cccc(F)c1)S(C)(=O)=O. The zero-order chi connectivity index (χ0) is 23.9. The molecule has 0 unspecified atom stereocenters. The number of rotatable bonds is 10. The third-order valence-electron chi connectivity index (χ3n) is 4.81. The van der Waals surface area contributed by atoms with E-state index in [2.05, 4.69) is 5.32 Å². The molecular formula is C22H27ClFN3O4S. The predicted molar refractivity (Wildman–Crippen MR) is 123 cm³/mol. The molecular weight excluding hydrogens is 457 g/mol. The summed E-state index contributed by atoms with van der Waals surface area (Å²) in [6.45, 7) is 3.31. The van der Waals surface area contributed by atoms with Crippen LogP contribution in [0.3, 0.4) is 0 Å². The van der Waals surface area contributed by atoms with Crippen molar-refractivity contribution in [2.24, 2.45) is 0 Å². The normalized spacial score (nSPS) is 12.2. The molecule has 0 saturated carbocycles. The van der Waals surface area contributed by atoms with Gasteiger partial charge in [-0.15, -0.1) is 0 Å². The minimum atomic E-state index is -3.91. The van der Waals surface area contributed by atoms with E-state index in [-0.39, 0.29) is 18.1 Å². The van der Waals surface area contributed by atoms with Gasteiger partial charge < -0.3 is 10.2 Å². The number of anilines is 1. The maximum Gasteiger partial charge on any atom is 0.244 e. The lowest BCUT2D eigenvalue weighted by Gasteiger charge is -2.33. The average molecular weight is 484 g/mol. The molecule has 2 aromatic rings. The lowest BCUT2D eigenvalue weighted by Crippen LogP contribution is -2.52. The molecule has 0 aliphatic heterocycles. The van der Waals surface area contributed by atoms with Gasteiger partial charge in [-0.3, -0.25) is 13.9 Å². The van der Waals surface area contributed by atoms with Gasteiger partial charge in [0.05, 0.1) is 11.9 Å². The van der Waals surface area contributed by atoms with Crippen LogP contribution in [0.25, 0.3) is 0 Å². The molecule has 0 aliphatic carbocycles. The second kappa shape index (κ2) is 11.3. The first-order valence-corrected chi connectivity index (χ1v) is 12.3. The molecule has 0 radical (unpaired) electrons. The molecule has 7 nitrogen and oxygen atoms in total. The van der Waals surface area contributed by atoms with Crippen molar-refractivity contribution in [3.8, 4) is 0 Å². The number of nitrogens with one attached hydrogen (secondary N) is 1. The maximum atomic E-state index is 13.7. The number of likely N-dealkylation sites (N-methyl/N-ethyl adjacent to an activating group) is 1. The van der Waals surface area contributed by atoms with Gasteiger partial charge in [0, 0.05) is 18.1 Å². The highest BCUT2D eigenvalue weighted by Crippen LogP contribution is 2.22. The fourth-order valence-corrected chi connectivity index (χ4v) is 4.30. The number of nitrogens with zero attached hydrogens (tertiary/aromatic N) is 2. The first kappa shape index (κ1) is 25.6. The Balaban J connectivity index is 2.45. The van der Waals surface area contributed by atoms with Crippen LogP contribution in [-0.2, 0) is 26.2 Å². The monoisotopic (exact) mass is 483 g/mol. The molecule has 10 heteroatoms. The summed E-state index contributed by atoms with van der Waals surface area (Å²) in [5.41, 5.74) is 0.631. The van der Waals surface area contributed by atoms with E-state index in [1.807, 2.05) is 0 Å². The maximum absolute atomic E-state index is 13.7. The molecule has 0 bridgehead atoms. The van der Waals surface area contributed by atoms with Gasteiger partial charge in [0.2, 0.25) is 21.8 Å². The fraction of sp³-hybridized carbons (Fsp3) is 0.364. The Kier molecular flexibility index (Phi) is 9.03. The van der Waals surface area contributed by atoms with E-state index in [0.717, 1.165) is 16.6 Å². The van der Waals surface area contributed by atoms with Crippen LogP contribution in [0.4, 0.5) is 10.1 Å². The highest BCUT2D eigenvalue weighted by atomic mass is 35.5. The number of carbonyl (C=O) groups is 2. The van der Waals surface area contributed by atoms with Crippen LogP contribution in [0.15, 0.2) is 48.5 Å². The Morgan fingerprint density at radius 3 is 2.38 bits per heavy atom. The smallest absolute Gasteiger partial charge is 0.244 e. The summed E-state index contributed by atoms with van der Waals surface area (Å²) in [4.78, 5) is 27.4. The standard InChI is InChI=1S/C22H27ClFN3O4S/c1-4-20(22(29)25-5-2)26(14-16-9-6-7-12-19(16)23)21(28)15-27(32(3,30)31)18-11-8-10-17(24)13-18/h6-13,20H,4-5,14-15H2,1-3H3,(H,25,29)/t20-/m0/s1. The van der Waals surface area contributed by atoms with Crippen LogP contribution in [0.2, 0.25) is 5.02 Å². The Hall–Kier alpha value is -2.65. The zero-order valence-electron chi connectivity index (χ0n) is 18.2. The summed E-state index contributed by atoms with van der Waals surface area (Å²) in [6, 6.07) is 11.0. The second-order valence-electron chi connectivity index (χ2n) is 7.18. The van der Waals surface area contributed by atoms with Crippen molar-refractivity contribution in [1.29, 1.82) is 0 Å². The summed E-state index contributed by atoms with van der Waals surface area (Å²) in [5.74, 6) is -1.60. The molecule has 0 aromatic heterocycles. The number of amides is 2. The van der Waals surface area contributed by atoms with E-state index in [0.29, 0.717) is 23.6 Å². The molecule has 2 rings (SSSR count). The van der Waals surface area contributed by atoms with Gasteiger partial charge in [-0.1, -0.05) is 42.8 Å². The number of sulfonamides is 1. The summed E-state index contributed by atoms with van der Waals surface area (Å²) < 4.78 is 39.4. The van der Waals surface area contributed by atoms with Gasteiger partial charge in [-0.05, 0) is 43.2 Å². The molecule has 2 aromatic carbocycles. The molecule has 0 spiro atoms. The second-order valence-corrected chi connectivity index (χ2v) is 9.50. The quantitative estimate of drug-likeness (QED) is 0.562. The molecule has 174 valence electrons. The molecule has 0 aliphatic rings. The number of carbonyl (C=O) groups excluding carboxylic acids is 2. The van der Waals surface area contributed by atoms with Gasteiger partial charge in [0.1, 0.15) is 18.4 Å². The van der Waals surface area contributed by atoms with Crippen LogP contribution in [0.1, 0.15) is 25.8 Å². The minimum absolute atomic E-state index is 0.00883. The van der Waals surface area contributed by atoms with Crippen LogP contribution in [-0.4, -0.2) is 50.5 Å². The number of halogens is 2. The van der Waals surface area contributed by atoms with Gasteiger partial charge in [-0.2, -0.15) is 0 Å². The highest BCUT2D eigenvalue weighted by Gasteiger charge is 2.31. The molecule has 32 heavy (non-hydrogen) atoms. The van der Waals surface area contributed by atoms with Crippen molar-refractivity contribution in [3.05, 3.63) is 64.9 Å². The van der Waals surface area contributed by atoms with Gasteiger partial charge in [-0.25, -0.2) is 12.8 Å². The van der Waals surface area contributed by atoms with Gasteiger partial charge in [0.25, 0.3) is 0 Å². The number of hydrogen-bond donors (Lipinski definition) is 1. The predicted octanol–water partition coefficient (Wildman–Crippen LogP) is 3.19. The van der Waals surface area contributed by atoms with Gasteiger partial charge in [0.15, 0.2) is 0 Å². The van der Waals surface area contributed by atoms with Crippen molar-refractivity contribution in [2.75, 3.05) is 23.7 Å². The van der Waals surface area contributed by atoms with E-state index >= 15 is 0 Å². The lowest BCUT2D eigenvalue weighted by molar-refractivity contribution is -0.140. The van der Waals surface area contributed by atoms with E-state index < -0.39 is 34.3 Å². The van der Waals surface area contributed by atoms with Crippen molar-refractivity contribution >= 4 is 39.1 Å². The van der Waals surface area contributed by atoms with E-state index in [1.165, 1.54) is 23.1 Å². The molecule has 2 amide bonds. The van der Waals surface area contributed by atoms with E-state index in [9.17, 15) is 22.4 Å². The van der Waals surface area contributed by atoms with Crippen molar-refractivity contribution in [1.82, 2.24) is 10.2 Å². The third kappa shape index (κ3) is 6.67. The average Bonchev–Trinajstić information content (AvgIpc) is 2.72. The molecule has 1 atom stereocenters. The minimum Gasteiger partial charge on any atom is -0.355 e. The van der Waals surface area contributed by atoms with Gasteiger partial charge >= 0.3 is 0 Å². The van der Waals surface area contributed by atoms with Crippen molar-refractivity contribution in [3.63, 3.8) is 0 Å². The van der Waals surface area contributed by atoms with E-state index in [4.69, 9.17) is 11.6 Å². The van der Waals surface area contributed by atoms with Crippen molar-refractivity contribution < 1.29 is 22.4 Å².